The quantitative estimate of drug-likeness (QED) is 0.605. The molecule has 1 aromatic rings. The van der Waals surface area contributed by atoms with E-state index in [9.17, 15) is 9.59 Å². The number of rotatable bonds is 5. The zero-order valence-electron chi connectivity index (χ0n) is 18.1. The molecule has 0 radical (unpaired) electrons. The summed E-state index contributed by atoms with van der Waals surface area (Å²) in [5.74, 6) is -0.213. The van der Waals surface area contributed by atoms with Crippen LogP contribution in [0.4, 0.5) is 5.69 Å². The van der Waals surface area contributed by atoms with Crippen LogP contribution >= 0.6 is 0 Å². The Labute approximate surface area is 174 Å². The van der Waals surface area contributed by atoms with E-state index in [1.54, 1.807) is 26.8 Å². The van der Waals surface area contributed by atoms with Gasteiger partial charge < -0.3 is 15.0 Å². The van der Waals surface area contributed by atoms with Gasteiger partial charge in [-0.3, -0.25) is 9.69 Å². The maximum atomic E-state index is 12.4. The summed E-state index contributed by atoms with van der Waals surface area (Å²) in [6.45, 7) is 12.7. The smallest absolute Gasteiger partial charge is 0.345 e. The fourth-order valence-corrected chi connectivity index (χ4v) is 3.89. The highest BCUT2D eigenvalue weighted by Crippen LogP contribution is 2.22. The zero-order valence-corrected chi connectivity index (χ0v) is 18.1. The van der Waals surface area contributed by atoms with Crippen molar-refractivity contribution in [3.63, 3.8) is 0 Å². The van der Waals surface area contributed by atoms with Crippen molar-refractivity contribution in [2.24, 2.45) is 11.3 Å². The van der Waals surface area contributed by atoms with Crippen molar-refractivity contribution in [2.45, 2.75) is 40.0 Å². The number of hydrogen-bond acceptors (Lipinski definition) is 6. The van der Waals surface area contributed by atoms with Gasteiger partial charge in [0.25, 0.3) is 0 Å². The Balaban J connectivity index is 1.50. The number of carbonyl (C=O) groups excluding carboxylic acids is 2. The fourth-order valence-electron chi connectivity index (χ4n) is 3.89. The lowest BCUT2D eigenvalue weighted by molar-refractivity contribution is -0.146. The fraction of sp³-hybridized carbons (Fsp3) is 0.652. The number of piperidine rings is 1. The Morgan fingerprint density at radius 2 is 1.79 bits per heavy atom. The van der Waals surface area contributed by atoms with Gasteiger partial charge in [-0.15, -0.1) is 0 Å². The van der Waals surface area contributed by atoms with Crippen molar-refractivity contribution in [2.75, 3.05) is 50.7 Å². The topological polar surface area (TPSA) is 61.9 Å². The summed E-state index contributed by atoms with van der Waals surface area (Å²) in [5.41, 5.74) is 0.742. The predicted molar refractivity (Wildman–Crippen MR) is 115 cm³/mol. The number of hydrogen-bond donors (Lipinski definition) is 1. The van der Waals surface area contributed by atoms with Crippen LogP contribution in [-0.2, 0) is 9.53 Å². The normalized spacial score (nSPS) is 19.2. The summed E-state index contributed by atoms with van der Waals surface area (Å²) in [6.07, 6.45) is 3.91. The summed E-state index contributed by atoms with van der Waals surface area (Å²) in [7, 11) is 0. The molecular formula is C23H35N3O3. The van der Waals surface area contributed by atoms with E-state index in [0.29, 0.717) is 5.56 Å². The van der Waals surface area contributed by atoms with Crippen LogP contribution in [0.3, 0.4) is 0 Å². The molecule has 160 valence electrons. The first-order valence-corrected chi connectivity index (χ1v) is 10.9. The second-order valence-electron chi connectivity index (χ2n) is 9.29. The summed E-state index contributed by atoms with van der Waals surface area (Å²) in [4.78, 5) is 29.2. The van der Waals surface area contributed by atoms with Crippen molar-refractivity contribution >= 4 is 17.6 Å². The third-order valence-electron chi connectivity index (χ3n) is 5.93. The van der Waals surface area contributed by atoms with Crippen LogP contribution in [0.1, 0.15) is 50.4 Å². The molecule has 2 saturated heterocycles. The molecule has 2 fully saturated rings. The number of benzene rings is 1. The molecular weight excluding hydrogens is 366 g/mol. The lowest BCUT2D eigenvalue weighted by atomic mass is 9.94. The lowest BCUT2D eigenvalue weighted by Gasteiger charge is -2.37. The van der Waals surface area contributed by atoms with Crippen LogP contribution in [0.2, 0.25) is 0 Å². The maximum absolute atomic E-state index is 12.4. The Morgan fingerprint density at radius 3 is 2.45 bits per heavy atom. The van der Waals surface area contributed by atoms with Crippen molar-refractivity contribution in [3.05, 3.63) is 29.8 Å². The third kappa shape index (κ3) is 6.28. The number of nitrogens with zero attached hydrogens (tertiary/aromatic N) is 2. The molecule has 1 aromatic carbocycles. The molecule has 0 spiro atoms. The molecule has 2 heterocycles. The molecule has 0 bridgehead atoms. The second kappa shape index (κ2) is 9.72. The van der Waals surface area contributed by atoms with Crippen molar-refractivity contribution < 1.29 is 14.3 Å². The average molecular weight is 402 g/mol. The summed E-state index contributed by atoms with van der Waals surface area (Å²) < 4.78 is 5.04. The zero-order chi connectivity index (χ0) is 20.9. The number of carbonyl (C=O) groups is 2. The number of ether oxygens (including phenoxy) is 1. The molecule has 0 atom stereocenters. The van der Waals surface area contributed by atoms with Crippen LogP contribution in [0.15, 0.2) is 24.3 Å². The molecule has 1 N–H and O–H groups in total. The highest BCUT2D eigenvalue weighted by atomic mass is 16.6. The minimum atomic E-state index is -0.697. The summed E-state index contributed by atoms with van der Waals surface area (Å²) >= 11 is 0. The SMILES string of the molecule is CC(C)(C)C(=O)OC(=O)c1cccc(N2CCN(CCC3CCNCC3)CC2)c1. The number of esters is 2. The van der Waals surface area contributed by atoms with Crippen LogP contribution in [-0.4, -0.2) is 62.7 Å². The average Bonchev–Trinajstić information content (AvgIpc) is 2.73. The minimum absolute atomic E-state index is 0.424. The maximum Gasteiger partial charge on any atom is 0.345 e. The van der Waals surface area contributed by atoms with Gasteiger partial charge in [-0.1, -0.05) is 6.07 Å². The molecule has 2 aliphatic heterocycles. The van der Waals surface area contributed by atoms with E-state index in [4.69, 9.17) is 4.74 Å². The molecule has 0 unspecified atom stereocenters. The summed E-state index contributed by atoms with van der Waals surface area (Å²) in [6, 6.07) is 7.42. The van der Waals surface area contributed by atoms with Gasteiger partial charge >= 0.3 is 11.9 Å². The van der Waals surface area contributed by atoms with E-state index in [1.165, 1.54) is 38.9 Å². The van der Waals surface area contributed by atoms with E-state index in [0.717, 1.165) is 37.8 Å². The van der Waals surface area contributed by atoms with Gasteiger partial charge in [0.15, 0.2) is 0 Å². The molecule has 3 rings (SSSR count). The number of nitrogens with one attached hydrogen (secondary N) is 1. The number of anilines is 1. The highest BCUT2D eigenvalue weighted by molar-refractivity contribution is 5.98. The first-order chi connectivity index (χ1) is 13.8. The first kappa shape index (κ1) is 21.8. The second-order valence-corrected chi connectivity index (χ2v) is 9.29. The molecule has 0 aliphatic carbocycles. The van der Waals surface area contributed by atoms with E-state index < -0.39 is 17.4 Å². The van der Waals surface area contributed by atoms with Gasteiger partial charge in [0, 0.05) is 31.9 Å². The Morgan fingerprint density at radius 1 is 1.10 bits per heavy atom. The van der Waals surface area contributed by atoms with Gasteiger partial charge in [0.05, 0.1) is 11.0 Å². The molecule has 2 aliphatic rings. The minimum Gasteiger partial charge on any atom is -0.389 e. The lowest BCUT2D eigenvalue weighted by Crippen LogP contribution is -2.47. The van der Waals surface area contributed by atoms with Gasteiger partial charge in [0.1, 0.15) is 0 Å². The van der Waals surface area contributed by atoms with E-state index >= 15 is 0 Å². The van der Waals surface area contributed by atoms with Crippen LogP contribution in [0, 0.1) is 11.3 Å². The van der Waals surface area contributed by atoms with Crippen LogP contribution < -0.4 is 10.2 Å². The Hall–Kier alpha value is -1.92. The van der Waals surface area contributed by atoms with Gasteiger partial charge in [-0.2, -0.15) is 0 Å². The van der Waals surface area contributed by atoms with Crippen molar-refractivity contribution in [1.82, 2.24) is 10.2 Å². The van der Waals surface area contributed by atoms with Gasteiger partial charge in [0.2, 0.25) is 0 Å². The standard InChI is InChI=1S/C23H35N3O3/c1-23(2,3)22(28)29-21(27)19-5-4-6-20(17-19)26-15-13-25(14-16-26)12-9-18-7-10-24-11-8-18/h4-6,17-18,24H,7-16H2,1-3H3. The van der Waals surface area contributed by atoms with Gasteiger partial charge in [-0.25, -0.2) is 4.79 Å². The Kier molecular flexibility index (Phi) is 7.30. The summed E-state index contributed by atoms with van der Waals surface area (Å²) in [5, 5.41) is 3.43. The molecule has 29 heavy (non-hydrogen) atoms. The van der Waals surface area contributed by atoms with Crippen LogP contribution in [0.5, 0.6) is 0 Å². The van der Waals surface area contributed by atoms with E-state index in [1.807, 2.05) is 18.2 Å². The molecule has 0 amide bonds. The van der Waals surface area contributed by atoms with E-state index in [-0.39, 0.29) is 0 Å². The molecule has 6 nitrogen and oxygen atoms in total. The molecule has 6 heteroatoms. The highest BCUT2D eigenvalue weighted by Gasteiger charge is 2.27. The molecule has 0 aromatic heterocycles. The Bertz CT molecular complexity index is 700. The molecule has 0 saturated carbocycles. The number of piperazine rings is 1. The van der Waals surface area contributed by atoms with E-state index in [2.05, 4.69) is 15.1 Å². The van der Waals surface area contributed by atoms with Crippen molar-refractivity contribution in [3.8, 4) is 0 Å². The predicted octanol–water partition coefficient (Wildman–Crippen LogP) is 2.93. The third-order valence-corrected chi connectivity index (χ3v) is 5.93. The first-order valence-electron chi connectivity index (χ1n) is 10.9. The van der Waals surface area contributed by atoms with Crippen LogP contribution in [0.25, 0.3) is 0 Å². The monoisotopic (exact) mass is 401 g/mol. The largest absolute Gasteiger partial charge is 0.389 e. The van der Waals surface area contributed by atoms with Crippen molar-refractivity contribution in [1.29, 1.82) is 0 Å². The van der Waals surface area contributed by atoms with Gasteiger partial charge in [-0.05, 0) is 83.8 Å².